The molecule has 0 bridgehead atoms. The van der Waals surface area contributed by atoms with E-state index in [1.165, 1.54) is 12.8 Å². The van der Waals surface area contributed by atoms with Crippen LogP contribution in [0.15, 0.2) is 18.3 Å². The molecule has 1 aliphatic heterocycles. The van der Waals surface area contributed by atoms with Crippen LogP contribution in [0.25, 0.3) is 11.4 Å². The lowest BCUT2D eigenvalue weighted by Gasteiger charge is -2.28. The second kappa shape index (κ2) is 8.41. The highest BCUT2D eigenvalue weighted by Crippen LogP contribution is 2.45. The first kappa shape index (κ1) is 22.6. The van der Waals surface area contributed by atoms with Gasteiger partial charge < -0.3 is 14.4 Å². The van der Waals surface area contributed by atoms with Gasteiger partial charge in [0, 0.05) is 35.5 Å². The molecule has 1 amide bonds. The van der Waals surface area contributed by atoms with Gasteiger partial charge in [0.25, 0.3) is 0 Å². The van der Waals surface area contributed by atoms with Crippen LogP contribution < -0.4 is 4.74 Å². The number of hydrogen-bond donors (Lipinski definition) is 1. The van der Waals surface area contributed by atoms with Gasteiger partial charge in [-0.25, -0.2) is 4.79 Å². The van der Waals surface area contributed by atoms with Crippen LogP contribution in [-0.2, 0) is 10.2 Å². The third-order valence-corrected chi connectivity index (χ3v) is 6.00. The zero-order valence-corrected chi connectivity index (χ0v) is 20.2. The Kier molecular flexibility index (Phi) is 5.94. The van der Waals surface area contributed by atoms with E-state index in [4.69, 9.17) is 9.47 Å². The van der Waals surface area contributed by atoms with Crippen LogP contribution in [0.5, 0.6) is 5.75 Å². The predicted molar refractivity (Wildman–Crippen MR) is 124 cm³/mol. The van der Waals surface area contributed by atoms with E-state index in [0.29, 0.717) is 19.1 Å². The molecule has 2 aromatic rings. The fraction of sp³-hybridized carbons (Fsp3) is 0.640. The summed E-state index contributed by atoms with van der Waals surface area (Å²) in [6.07, 6.45) is 5.90. The number of hydrogen-bond acceptors (Lipinski definition) is 5. The Hall–Kier alpha value is -2.57. The molecule has 7 nitrogen and oxygen atoms in total. The number of nitrogens with zero attached hydrogens (tertiary/aromatic N) is 3. The number of carbonyl (C=O) groups is 1. The van der Waals surface area contributed by atoms with E-state index in [9.17, 15) is 4.79 Å². The van der Waals surface area contributed by atoms with Crippen molar-refractivity contribution in [2.75, 3.05) is 13.2 Å². The standard InChI is InChI=1S/C25H36N4O3/c1-24(2,3)22-13-20(27-28-22)19-12-21(18(14-26-19)16-9-10-16)31-15-17-8-7-11-29(17)23(30)32-25(4,5)6/h12-14,16-17H,7-11,15H2,1-6H3,(H,27,28)/t17-/m0/s1. The van der Waals surface area contributed by atoms with Crippen molar-refractivity contribution < 1.29 is 14.3 Å². The number of aromatic nitrogens is 3. The van der Waals surface area contributed by atoms with Crippen LogP contribution in [-0.4, -0.2) is 51.0 Å². The lowest BCUT2D eigenvalue weighted by Crippen LogP contribution is -2.42. The molecule has 2 fully saturated rings. The maximum atomic E-state index is 12.6. The molecule has 3 heterocycles. The number of H-pyrrole nitrogens is 1. The number of ether oxygens (including phenoxy) is 2. The van der Waals surface area contributed by atoms with Crippen LogP contribution in [0.2, 0.25) is 0 Å². The Balaban J connectivity index is 1.51. The molecule has 1 aliphatic carbocycles. The Morgan fingerprint density at radius 1 is 1.12 bits per heavy atom. The van der Waals surface area contributed by atoms with E-state index in [-0.39, 0.29) is 17.6 Å². The molecule has 0 aromatic carbocycles. The molecule has 0 unspecified atom stereocenters. The first-order valence-corrected chi connectivity index (χ1v) is 11.7. The molecule has 0 spiro atoms. The largest absolute Gasteiger partial charge is 0.491 e. The van der Waals surface area contributed by atoms with E-state index >= 15 is 0 Å². The minimum Gasteiger partial charge on any atom is -0.491 e. The molecule has 0 radical (unpaired) electrons. The maximum Gasteiger partial charge on any atom is 0.410 e. The van der Waals surface area contributed by atoms with Crippen molar-refractivity contribution in [2.45, 2.75) is 90.2 Å². The predicted octanol–water partition coefficient (Wildman–Crippen LogP) is 5.42. The smallest absolute Gasteiger partial charge is 0.410 e. The summed E-state index contributed by atoms with van der Waals surface area (Å²) in [5.74, 6) is 1.37. The van der Waals surface area contributed by atoms with Crippen molar-refractivity contribution >= 4 is 6.09 Å². The van der Waals surface area contributed by atoms with Crippen molar-refractivity contribution in [3.8, 4) is 17.1 Å². The number of pyridine rings is 1. The number of amides is 1. The quantitative estimate of drug-likeness (QED) is 0.671. The summed E-state index contributed by atoms with van der Waals surface area (Å²) in [6, 6.07) is 4.08. The molecule has 7 heteroatoms. The Bertz CT molecular complexity index is 966. The van der Waals surface area contributed by atoms with E-state index in [0.717, 1.165) is 41.2 Å². The summed E-state index contributed by atoms with van der Waals surface area (Å²) in [7, 11) is 0. The first-order valence-electron chi connectivity index (χ1n) is 11.7. The average molecular weight is 441 g/mol. The highest BCUT2D eigenvalue weighted by molar-refractivity contribution is 5.69. The van der Waals surface area contributed by atoms with Crippen LogP contribution >= 0.6 is 0 Å². The second-order valence-electron chi connectivity index (χ2n) is 11.1. The van der Waals surface area contributed by atoms with Crippen LogP contribution in [0.3, 0.4) is 0 Å². The van der Waals surface area contributed by atoms with Crippen LogP contribution in [0, 0.1) is 0 Å². The lowest BCUT2D eigenvalue weighted by atomic mass is 9.92. The topological polar surface area (TPSA) is 80.3 Å². The van der Waals surface area contributed by atoms with Crippen molar-refractivity contribution in [1.29, 1.82) is 0 Å². The fourth-order valence-electron chi connectivity index (χ4n) is 4.01. The van der Waals surface area contributed by atoms with Gasteiger partial charge in [-0.2, -0.15) is 5.10 Å². The van der Waals surface area contributed by atoms with Gasteiger partial charge in [-0.05, 0) is 58.4 Å². The summed E-state index contributed by atoms with van der Waals surface area (Å²) in [6.45, 7) is 13.3. The molecule has 4 rings (SSSR count). The molecule has 1 atom stereocenters. The van der Waals surface area contributed by atoms with Crippen molar-refractivity contribution in [2.24, 2.45) is 0 Å². The highest BCUT2D eigenvalue weighted by atomic mass is 16.6. The summed E-state index contributed by atoms with van der Waals surface area (Å²) >= 11 is 0. The Morgan fingerprint density at radius 3 is 2.50 bits per heavy atom. The molecule has 2 aromatic heterocycles. The SMILES string of the molecule is CC(C)(C)OC(=O)N1CCC[C@H]1COc1cc(-c2cc(C(C)(C)C)[nH]n2)ncc1C1CC1. The average Bonchev–Trinajstić information content (AvgIpc) is 3.21. The summed E-state index contributed by atoms with van der Waals surface area (Å²) < 4.78 is 11.9. The van der Waals surface area contributed by atoms with E-state index < -0.39 is 5.60 Å². The molecule has 174 valence electrons. The van der Waals surface area contributed by atoms with E-state index in [1.807, 2.05) is 37.9 Å². The minimum atomic E-state index is -0.500. The Labute approximate surface area is 190 Å². The number of likely N-dealkylation sites (tertiary alicyclic amines) is 1. The summed E-state index contributed by atoms with van der Waals surface area (Å²) in [4.78, 5) is 19.1. The second-order valence-corrected chi connectivity index (χ2v) is 11.1. The minimum absolute atomic E-state index is 0.00781. The van der Waals surface area contributed by atoms with Gasteiger partial charge in [0.2, 0.25) is 0 Å². The number of rotatable bonds is 5. The van der Waals surface area contributed by atoms with E-state index in [2.05, 4.69) is 42.0 Å². The monoisotopic (exact) mass is 440 g/mol. The number of carbonyl (C=O) groups excluding carboxylic acids is 1. The first-order chi connectivity index (χ1) is 15.0. The van der Waals surface area contributed by atoms with Gasteiger partial charge in [-0.1, -0.05) is 20.8 Å². The maximum absolute atomic E-state index is 12.6. The van der Waals surface area contributed by atoms with Gasteiger partial charge in [0.05, 0.1) is 11.7 Å². The molecule has 1 saturated carbocycles. The third kappa shape index (κ3) is 5.25. The zero-order chi connectivity index (χ0) is 23.1. The molecular formula is C25H36N4O3. The lowest BCUT2D eigenvalue weighted by molar-refractivity contribution is 0.0187. The van der Waals surface area contributed by atoms with Crippen molar-refractivity contribution in [1.82, 2.24) is 20.1 Å². The molecule has 32 heavy (non-hydrogen) atoms. The molecular weight excluding hydrogens is 404 g/mol. The van der Waals surface area contributed by atoms with Gasteiger partial charge in [0.1, 0.15) is 23.7 Å². The zero-order valence-electron chi connectivity index (χ0n) is 20.2. The van der Waals surface area contributed by atoms with Gasteiger partial charge in [-0.15, -0.1) is 0 Å². The van der Waals surface area contributed by atoms with Crippen molar-refractivity contribution in [3.63, 3.8) is 0 Å². The summed E-state index contributed by atoms with van der Waals surface area (Å²) in [5, 5.41) is 7.62. The van der Waals surface area contributed by atoms with Crippen LogP contribution in [0.1, 0.15) is 84.4 Å². The normalized spacial score (nSPS) is 19.3. The fourth-order valence-corrected chi connectivity index (χ4v) is 4.01. The molecule has 1 saturated heterocycles. The van der Waals surface area contributed by atoms with Gasteiger partial charge >= 0.3 is 6.09 Å². The number of aromatic amines is 1. The van der Waals surface area contributed by atoms with Crippen LogP contribution in [0.4, 0.5) is 4.79 Å². The third-order valence-electron chi connectivity index (χ3n) is 6.00. The van der Waals surface area contributed by atoms with Gasteiger partial charge in [0.15, 0.2) is 0 Å². The molecule has 2 aliphatic rings. The van der Waals surface area contributed by atoms with E-state index in [1.54, 1.807) is 0 Å². The summed E-state index contributed by atoms with van der Waals surface area (Å²) in [5.41, 5.74) is 3.33. The number of nitrogens with one attached hydrogen (secondary N) is 1. The van der Waals surface area contributed by atoms with Gasteiger partial charge in [-0.3, -0.25) is 10.1 Å². The highest BCUT2D eigenvalue weighted by Gasteiger charge is 2.34. The molecule has 1 N–H and O–H groups in total. The Morgan fingerprint density at radius 2 is 1.88 bits per heavy atom. The van der Waals surface area contributed by atoms with Crippen molar-refractivity contribution in [3.05, 3.63) is 29.6 Å².